The highest BCUT2D eigenvalue weighted by Crippen LogP contribution is 2.35. The summed E-state index contributed by atoms with van der Waals surface area (Å²) in [6, 6.07) is 6.99. The van der Waals surface area contributed by atoms with Gasteiger partial charge in [-0.15, -0.1) is 0 Å². The zero-order valence-corrected chi connectivity index (χ0v) is 13.8. The number of carboxylic acid groups (broad SMARTS) is 1. The summed E-state index contributed by atoms with van der Waals surface area (Å²) in [5.41, 5.74) is -0.0482. The van der Waals surface area contributed by atoms with E-state index in [1.807, 2.05) is 0 Å². The molecule has 1 fully saturated rings. The number of hydrogen-bond acceptors (Lipinski definition) is 3. The summed E-state index contributed by atoms with van der Waals surface area (Å²) in [5, 5.41) is 11.9. The molecule has 1 amide bonds. The predicted molar refractivity (Wildman–Crippen MR) is 87.7 cm³/mol. The van der Waals surface area contributed by atoms with Gasteiger partial charge < -0.3 is 15.2 Å². The highest BCUT2D eigenvalue weighted by Gasteiger charge is 2.40. The molecule has 1 aromatic carbocycles. The predicted octanol–water partition coefficient (Wildman–Crippen LogP) is 3.24. The van der Waals surface area contributed by atoms with E-state index >= 15 is 0 Å². The SMILES string of the molecule is CC(C)CCOc1ccc(C(=O)NC2(CC(=O)O)CCC2)cc1. The number of nitrogens with one attached hydrogen (secondary N) is 1. The van der Waals surface area contributed by atoms with Crippen LogP contribution in [0.5, 0.6) is 5.75 Å². The largest absolute Gasteiger partial charge is 0.494 e. The van der Waals surface area contributed by atoms with E-state index in [2.05, 4.69) is 19.2 Å². The van der Waals surface area contributed by atoms with Gasteiger partial charge in [-0.1, -0.05) is 13.8 Å². The maximum Gasteiger partial charge on any atom is 0.305 e. The molecular formula is C18H25NO4. The number of benzene rings is 1. The van der Waals surface area contributed by atoms with Crippen LogP contribution in [0.15, 0.2) is 24.3 Å². The van der Waals surface area contributed by atoms with E-state index in [9.17, 15) is 9.59 Å². The van der Waals surface area contributed by atoms with Gasteiger partial charge in [0.1, 0.15) is 5.75 Å². The molecule has 126 valence electrons. The molecule has 0 atom stereocenters. The Morgan fingerprint density at radius 3 is 2.39 bits per heavy atom. The van der Waals surface area contributed by atoms with Crippen molar-refractivity contribution < 1.29 is 19.4 Å². The molecule has 0 spiro atoms. The minimum atomic E-state index is -0.876. The Kier molecular flexibility index (Phi) is 5.64. The van der Waals surface area contributed by atoms with Crippen LogP contribution in [0.2, 0.25) is 0 Å². The Morgan fingerprint density at radius 2 is 1.91 bits per heavy atom. The average molecular weight is 319 g/mol. The molecule has 0 saturated heterocycles. The second kappa shape index (κ2) is 7.49. The van der Waals surface area contributed by atoms with Gasteiger partial charge in [-0.2, -0.15) is 0 Å². The third kappa shape index (κ3) is 4.98. The third-order valence-corrected chi connectivity index (χ3v) is 4.26. The fraction of sp³-hybridized carbons (Fsp3) is 0.556. The van der Waals surface area contributed by atoms with Gasteiger partial charge in [0.05, 0.1) is 18.6 Å². The van der Waals surface area contributed by atoms with Gasteiger partial charge in [-0.05, 0) is 55.9 Å². The Labute approximate surface area is 137 Å². The number of hydrogen-bond donors (Lipinski definition) is 2. The Balaban J connectivity index is 1.91. The van der Waals surface area contributed by atoms with Gasteiger partial charge in [-0.3, -0.25) is 9.59 Å². The number of carbonyl (C=O) groups is 2. The molecule has 0 heterocycles. The van der Waals surface area contributed by atoms with E-state index in [0.717, 1.165) is 31.4 Å². The molecule has 23 heavy (non-hydrogen) atoms. The molecule has 1 aromatic rings. The maximum atomic E-state index is 12.3. The second-order valence-electron chi connectivity index (χ2n) is 6.71. The molecule has 1 saturated carbocycles. The lowest BCUT2D eigenvalue weighted by Gasteiger charge is -2.41. The summed E-state index contributed by atoms with van der Waals surface area (Å²) in [5.74, 6) is 0.234. The molecule has 1 aliphatic carbocycles. The van der Waals surface area contributed by atoms with Crippen LogP contribution in [0.1, 0.15) is 56.3 Å². The number of aliphatic carboxylic acids is 1. The van der Waals surface area contributed by atoms with Gasteiger partial charge in [0.2, 0.25) is 0 Å². The molecular weight excluding hydrogens is 294 g/mol. The minimum Gasteiger partial charge on any atom is -0.494 e. The first-order chi connectivity index (χ1) is 10.9. The van der Waals surface area contributed by atoms with Crippen LogP contribution >= 0.6 is 0 Å². The standard InChI is InChI=1S/C18H25NO4/c1-13(2)8-11-23-15-6-4-14(5-7-15)17(22)19-18(9-3-10-18)12-16(20)21/h4-7,13H,3,8-12H2,1-2H3,(H,19,22)(H,20,21). The normalized spacial score (nSPS) is 15.8. The van der Waals surface area contributed by atoms with E-state index in [-0.39, 0.29) is 12.3 Å². The Morgan fingerprint density at radius 1 is 1.26 bits per heavy atom. The number of carbonyl (C=O) groups excluding carboxylic acids is 1. The van der Waals surface area contributed by atoms with E-state index < -0.39 is 11.5 Å². The van der Waals surface area contributed by atoms with Gasteiger partial charge >= 0.3 is 5.97 Å². The van der Waals surface area contributed by atoms with E-state index in [4.69, 9.17) is 9.84 Å². The quantitative estimate of drug-likeness (QED) is 0.771. The van der Waals surface area contributed by atoms with Crippen molar-refractivity contribution in [2.45, 2.75) is 51.5 Å². The van der Waals surface area contributed by atoms with Crippen LogP contribution in [-0.2, 0) is 4.79 Å². The van der Waals surface area contributed by atoms with E-state index in [0.29, 0.717) is 18.1 Å². The van der Waals surface area contributed by atoms with Crippen LogP contribution < -0.4 is 10.1 Å². The lowest BCUT2D eigenvalue weighted by Crippen LogP contribution is -2.54. The highest BCUT2D eigenvalue weighted by molar-refractivity contribution is 5.95. The molecule has 0 aromatic heterocycles. The smallest absolute Gasteiger partial charge is 0.305 e. The first-order valence-corrected chi connectivity index (χ1v) is 8.17. The van der Waals surface area contributed by atoms with Gasteiger partial charge in [-0.25, -0.2) is 0 Å². The van der Waals surface area contributed by atoms with Crippen molar-refractivity contribution in [3.8, 4) is 5.75 Å². The molecule has 0 bridgehead atoms. The van der Waals surface area contributed by atoms with Crippen molar-refractivity contribution in [2.24, 2.45) is 5.92 Å². The summed E-state index contributed by atoms with van der Waals surface area (Å²) in [6.07, 6.45) is 3.37. The van der Waals surface area contributed by atoms with Crippen molar-refractivity contribution in [1.82, 2.24) is 5.32 Å². The second-order valence-corrected chi connectivity index (χ2v) is 6.71. The highest BCUT2D eigenvalue weighted by atomic mass is 16.5. The Bertz CT molecular complexity index is 547. The monoisotopic (exact) mass is 319 g/mol. The van der Waals surface area contributed by atoms with E-state index in [1.165, 1.54) is 0 Å². The average Bonchev–Trinajstić information content (AvgIpc) is 2.44. The number of ether oxygens (including phenoxy) is 1. The molecule has 5 nitrogen and oxygen atoms in total. The molecule has 2 rings (SSSR count). The molecule has 5 heteroatoms. The topological polar surface area (TPSA) is 75.6 Å². The molecule has 2 N–H and O–H groups in total. The van der Waals surface area contributed by atoms with Gasteiger partial charge in [0, 0.05) is 5.56 Å². The van der Waals surface area contributed by atoms with Crippen molar-refractivity contribution in [3.63, 3.8) is 0 Å². The summed E-state index contributed by atoms with van der Waals surface area (Å²) in [7, 11) is 0. The summed E-state index contributed by atoms with van der Waals surface area (Å²) in [6.45, 7) is 4.94. The maximum absolute atomic E-state index is 12.3. The molecule has 1 aliphatic rings. The first kappa shape index (κ1) is 17.3. The van der Waals surface area contributed by atoms with Crippen LogP contribution in [0.3, 0.4) is 0 Å². The summed E-state index contributed by atoms with van der Waals surface area (Å²) in [4.78, 5) is 23.3. The summed E-state index contributed by atoms with van der Waals surface area (Å²) >= 11 is 0. The van der Waals surface area contributed by atoms with E-state index in [1.54, 1.807) is 24.3 Å². The fourth-order valence-corrected chi connectivity index (χ4v) is 2.67. The van der Waals surface area contributed by atoms with Crippen LogP contribution in [-0.4, -0.2) is 29.1 Å². The summed E-state index contributed by atoms with van der Waals surface area (Å²) < 4.78 is 5.63. The van der Waals surface area contributed by atoms with Crippen LogP contribution in [0.25, 0.3) is 0 Å². The van der Waals surface area contributed by atoms with Gasteiger partial charge in [0.15, 0.2) is 0 Å². The lowest BCUT2D eigenvalue weighted by atomic mass is 9.74. The fourth-order valence-electron chi connectivity index (χ4n) is 2.67. The van der Waals surface area contributed by atoms with Crippen LogP contribution in [0, 0.1) is 5.92 Å². The zero-order chi connectivity index (χ0) is 16.9. The number of rotatable bonds is 8. The molecule has 0 unspecified atom stereocenters. The molecule has 0 radical (unpaired) electrons. The van der Waals surface area contributed by atoms with Crippen LogP contribution in [0.4, 0.5) is 0 Å². The number of carboxylic acids is 1. The third-order valence-electron chi connectivity index (χ3n) is 4.26. The van der Waals surface area contributed by atoms with Gasteiger partial charge in [0.25, 0.3) is 5.91 Å². The minimum absolute atomic E-state index is 0.0187. The molecule has 0 aliphatic heterocycles. The Hall–Kier alpha value is -2.04. The van der Waals surface area contributed by atoms with Crippen molar-refractivity contribution in [1.29, 1.82) is 0 Å². The lowest BCUT2D eigenvalue weighted by molar-refractivity contribution is -0.139. The van der Waals surface area contributed by atoms with Crippen molar-refractivity contribution >= 4 is 11.9 Å². The zero-order valence-electron chi connectivity index (χ0n) is 13.8. The van der Waals surface area contributed by atoms with Crippen molar-refractivity contribution in [3.05, 3.63) is 29.8 Å². The number of amides is 1. The van der Waals surface area contributed by atoms with Crippen molar-refractivity contribution in [2.75, 3.05) is 6.61 Å². The first-order valence-electron chi connectivity index (χ1n) is 8.17.